The Hall–Kier alpha value is -0.890. The molecule has 1 aromatic carbocycles. The number of anilines is 2. The number of hydrogen-bond donors (Lipinski definition) is 1. The highest BCUT2D eigenvalue weighted by molar-refractivity contribution is 6.31. The third-order valence-corrected chi connectivity index (χ3v) is 3.12. The van der Waals surface area contributed by atoms with E-state index in [1.165, 1.54) is 12.8 Å². The summed E-state index contributed by atoms with van der Waals surface area (Å²) < 4.78 is 0. The second-order valence-electron chi connectivity index (χ2n) is 4.19. The second kappa shape index (κ2) is 4.31. The normalized spacial score (nSPS) is 15.3. The molecule has 0 aliphatic heterocycles. The summed E-state index contributed by atoms with van der Waals surface area (Å²) in [7, 11) is 0. The highest BCUT2D eigenvalue weighted by atomic mass is 35.5. The van der Waals surface area contributed by atoms with E-state index >= 15 is 0 Å². The van der Waals surface area contributed by atoms with Crippen molar-refractivity contribution in [3.8, 4) is 0 Å². The number of nitrogens with zero attached hydrogens (tertiary/aromatic N) is 1. The summed E-state index contributed by atoms with van der Waals surface area (Å²) >= 11 is 5.88. The minimum absolute atomic E-state index is 0.707. The van der Waals surface area contributed by atoms with Gasteiger partial charge in [0, 0.05) is 18.1 Å². The first-order chi connectivity index (χ1) is 7.20. The van der Waals surface area contributed by atoms with Crippen LogP contribution in [0.4, 0.5) is 11.4 Å². The van der Waals surface area contributed by atoms with Crippen molar-refractivity contribution in [3.05, 3.63) is 23.2 Å². The lowest BCUT2D eigenvalue weighted by atomic mass is 10.2. The van der Waals surface area contributed by atoms with E-state index in [0.29, 0.717) is 5.02 Å². The summed E-state index contributed by atoms with van der Waals surface area (Å²) in [5.74, 6) is 0.875. The molecule has 82 valence electrons. The van der Waals surface area contributed by atoms with Crippen LogP contribution in [0.1, 0.15) is 19.8 Å². The molecule has 1 aliphatic rings. The summed E-state index contributed by atoms with van der Waals surface area (Å²) in [5, 5.41) is 0.707. The van der Waals surface area contributed by atoms with Gasteiger partial charge < -0.3 is 10.6 Å². The number of nitrogens with two attached hydrogens (primary N) is 1. The molecule has 1 aliphatic carbocycles. The first kappa shape index (κ1) is 10.6. The Morgan fingerprint density at radius 3 is 2.73 bits per heavy atom. The van der Waals surface area contributed by atoms with Gasteiger partial charge in [0.05, 0.1) is 11.4 Å². The largest absolute Gasteiger partial charge is 0.397 e. The van der Waals surface area contributed by atoms with Gasteiger partial charge in [0.25, 0.3) is 0 Å². The average molecular weight is 225 g/mol. The van der Waals surface area contributed by atoms with Gasteiger partial charge in [-0.05, 0) is 43.9 Å². The van der Waals surface area contributed by atoms with Gasteiger partial charge in [-0.2, -0.15) is 0 Å². The summed E-state index contributed by atoms with van der Waals surface area (Å²) in [6.07, 6.45) is 2.73. The zero-order valence-electron chi connectivity index (χ0n) is 9.04. The molecule has 3 heteroatoms. The molecule has 0 radical (unpaired) electrons. The molecule has 2 N–H and O–H groups in total. The van der Waals surface area contributed by atoms with Crippen molar-refractivity contribution in [2.75, 3.05) is 23.7 Å². The molecule has 0 saturated heterocycles. The molecule has 1 fully saturated rings. The van der Waals surface area contributed by atoms with E-state index in [9.17, 15) is 0 Å². The first-order valence-electron chi connectivity index (χ1n) is 5.50. The minimum atomic E-state index is 0.707. The predicted octanol–water partition coefficient (Wildman–Crippen LogP) is 3.16. The van der Waals surface area contributed by atoms with E-state index in [2.05, 4.69) is 11.8 Å². The van der Waals surface area contributed by atoms with Gasteiger partial charge in [0.2, 0.25) is 0 Å². The van der Waals surface area contributed by atoms with Gasteiger partial charge in [-0.1, -0.05) is 11.6 Å². The maximum absolute atomic E-state index is 5.97. The second-order valence-corrected chi connectivity index (χ2v) is 4.62. The molecule has 1 aromatic rings. The molecule has 0 amide bonds. The Kier molecular flexibility index (Phi) is 3.06. The summed E-state index contributed by atoms with van der Waals surface area (Å²) in [5.41, 5.74) is 7.87. The highest BCUT2D eigenvalue weighted by Crippen LogP contribution is 2.33. The monoisotopic (exact) mass is 224 g/mol. The van der Waals surface area contributed by atoms with Crippen molar-refractivity contribution in [2.45, 2.75) is 19.8 Å². The van der Waals surface area contributed by atoms with Crippen LogP contribution in [0.15, 0.2) is 18.2 Å². The van der Waals surface area contributed by atoms with Crippen molar-refractivity contribution < 1.29 is 0 Å². The highest BCUT2D eigenvalue weighted by Gasteiger charge is 2.24. The lowest BCUT2D eigenvalue weighted by molar-refractivity contribution is 0.743. The third kappa shape index (κ3) is 2.57. The molecule has 2 rings (SSSR count). The number of rotatable bonds is 4. The number of hydrogen-bond acceptors (Lipinski definition) is 2. The van der Waals surface area contributed by atoms with Crippen LogP contribution in [-0.4, -0.2) is 13.1 Å². The minimum Gasteiger partial charge on any atom is -0.397 e. The third-order valence-electron chi connectivity index (χ3n) is 2.89. The number of halogens is 1. The lowest BCUT2D eigenvalue weighted by Crippen LogP contribution is -2.25. The lowest BCUT2D eigenvalue weighted by Gasteiger charge is -2.24. The molecular formula is C12H17ClN2. The molecular weight excluding hydrogens is 208 g/mol. The van der Waals surface area contributed by atoms with Crippen LogP contribution >= 0.6 is 11.6 Å². The van der Waals surface area contributed by atoms with Crippen LogP contribution in [0.5, 0.6) is 0 Å². The van der Waals surface area contributed by atoms with Crippen LogP contribution < -0.4 is 10.6 Å². The smallest absolute Gasteiger partial charge is 0.0600 e. The van der Waals surface area contributed by atoms with Gasteiger partial charge in [-0.25, -0.2) is 0 Å². The van der Waals surface area contributed by atoms with Crippen LogP contribution in [0, 0.1) is 5.92 Å². The quantitative estimate of drug-likeness (QED) is 0.797. The van der Waals surface area contributed by atoms with Gasteiger partial charge in [0.1, 0.15) is 0 Å². The number of benzene rings is 1. The van der Waals surface area contributed by atoms with E-state index in [1.54, 1.807) is 0 Å². The molecule has 0 aromatic heterocycles. The van der Waals surface area contributed by atoms with Crippen molar-refractivity contribution in [1.29, 1.82) is 0 Å². The van der Waals surface area contributed by atoms with Crippen LogP contribution in [0.3, 0.4) is 0 Å². The van der Waals surface area contributed by atoms with Crippen molar-refractivity contribution in [3.63, 3.8) is 0 Å². The molecule has 0 atom stereocenters. The Morgan fingerprint density at radius 1 is 1.47 bits per heavy atom. The molecule has 1 saturated carbocycles. The molecule has 0 spiro atoms. The van der Waals surface area contributed by atoms with E-state index in [0.717, 1.165) is 30.4 Å². The van der Waals surface area contributed by atoms with Gasteiger partial charge in [-0.3, -0.25) is 0 Å². The fourth-order valence-electron chi connectivity index (χ4n) is 1.82. The zero-order valence-corrected chi connectivity index (χ0v) is 9.80. The van der Waals surface area contributed by atoms with Crippen LogP contribution in [0.2, 0.25) is 5.02 Å². The predicted molar refractivity (Wildman–Crippen MR) is 66.5 cm³/mol. The van der Waals surface area contributed by atoms with E-state index in [1.807, 2.05) is 18.2 Å². The van der Waals surface area contributed by atoms with E-state index in [-0.39, 0.29) is 0 Å². The maximum Gasteiger partial charge on any atom is 0.0600 e. The molecule has 15 heavy (non-hydrogen) atoms. The Balaban J connectivity index is 2.16. The van der Waals surface area contributed by atoms with Gasteiger partial charge in [-0.15, -0.1) is 0 Å². The maximum atomic E-state index is 5.97. The van der Waals surface area contributed by atoms with Crippen LogP contribution in [-0.2, 0) is 0 Å². The van der Waals surface area contributed by atoms with Crippen molar-refractivity contribution in [2.24, 2.45) is 5.92 Å². The van der Waals surface area contributed by atoms with Crippen molar-refractivity contribution in [1.82, 2.24) is 0 Å². The standard InChI is InChI=1S/C12H17ClN2/c1-2-15(8-9-3-4-9)12-6-5-10(13)7-11(12)14/h5-7,9H,2-4,8,14H2,1H3. The van der Waals surface area contributed by atoms with E-state index in [4.69, 9.17) is 17.3 Å². The fraction of sp³-hybridized carbons (Fsp3) is 0.500. The Morgan fingerprint density at radius 2 is 2.20 bits per heavy atom. The Labute approximate surface area is 96.0 Å². The summed E-state index contributed by atoms with van der Waals surface area (Å²) in [6, 6.07) is 5.75. The average Bonchev–Trinajstić information content (AvgIpc) is 2.99. The van der Waals surface area contributed by atoms with Gasteiger partial charge >= 0.3 is 0 Å². The first-order valence-corrected chi connectivity index (χ1v) is 5.88. The molecule has 0 heterocycles. The summed E-state index contributed by atoms with van der Waals surface area (Å²) in [6.45, 7) is 4.29. The zero-order chi connectivity index (χ0) is 10.8. The van der Waals surface area contributed by atoms with E-state index < -0.39 is 0 Å². The topological polar surface area (TPSA) is 29.3 Å². The van der Waals surface area contributed by atoms with Crippen molar-refractivity contribution >= 4 is 23.0 Å². The molecule has 0 unspecified atom stereocenters. The number of nitrogen functional groups attached to an aromatic ring is 1. The summed E-state index contributed by atoms with van der Waals surface area (Å²) in [4.78, 5) is 2.34. The Bertz CT molecular complexity index is 347. The fourth-order valence-corrected chi connectivity index (χ4v) is 2.00. The SMILES string of the molecule is CCN(CC1CC1)c1ccc(Cl)cc1N. The molecule has 0 bridgehead atoms. The van der Waals surface area contributed by atoms with Crippen LogP contribution in [0.25, 0.3) is 0 Å². The molecule has 2 nitrogen and oxygen atoms in total. The van der Waals surface area contributed by atoms with Gasteiger partial charge in [0.15, 0.2) is 0 Å².